The summed E-state index contributed by atoms with van der Waals surface area (Å²) in [6.45, 7) is 6.14. The molecule has 0 unspecified atom stereocenters. The van der Waals surface area contributed by atoms with Crippen LogP contribution in [0.3, 0.4) is 0 Å². The molecule has 0 amide bonds. The van der Waals surface area contributed by atoms with Gasteiger partial charge in [0.25, 0.3) is 0 Å². The average Bonchev–Trinajstić information content (AvgIpc) is 1.80. The molecule has 0 aliphatic carbocycles. The molecular weight excluding hydrogens is 128 g/mol. The van der Waals surface area contributed by atoms with Crippen molar-refractivity contribution in [1.29, 1.82) is 0 Å². The van der Waals surface area contributed by atoms with E-state index >= 15 is 0 Å². The molecule has 0 aliphatic rings. The molecular formula is C7H16N2O. The van der Waals surface area contributed by atoms with Crippen molar-refractivity contribution in [2.45, 2.75) is 32.7 Å². The first-order valence-corrected chi connectivity index (χ1v) is 3.48. The topological polar surface area (TPSA) is 52.1 Å². The van der Waals surface area contributed by atoms with Crippen molar-refractivity contribution >= 4 is 6.21 Å². The van der Waals surface area contributed by atoms with Gasteiger partial charge in [-0.05, 0) is 0 Å². The molecule has 0 saturated heterocycles. The van der Waals surface area contributed by atoms with Crippen molar-refractivity contribution in [2.24, 2.45) is 5.73 Å². The third kappa shape index (κ3) is 3.45. The maximum atomic E-state index is 11.0. The fourth-order valence-electron chi connectivity index (χ4n) is 0.466. The highest BCUT2D eigenvalue weighted by atomic mass is 16.5. The standard InChI is InChI=1S/C7H16N2O/c1-7(2,3)9(10)6-4-5-8/h6H,4-5,8H2,1-3H3/b9-6-. The van der Waals surface area contributed by atoms with Gasteiger partial charge in [0.15, 0.2) is 11.8 Å². The maximum Gasteiger partial charge on any atom is 0.164 e. The lowest BCUT2D eigenvalue weighted by Crippen LogP contribution is -2.29. The van der Waals surface area contributed by atoms with Crippen LogP contribution in [0.25, 0.3) is 0 Å². The number of hydroxylamine groups is 1. The van der Waals surface area contributed by atoms with Gasteiger partial charge in [-0.3, -0.25) is 0 Å². The minimum absolute atomic E-state index is 0.324. The summed E-state index contributed by atoms with van der Waals surface area (Å²) in [5.41, 5.74) is 4.90. The second-order valence-corrected chi connectivity index (χ2v) is 3.26. The van der Waals surface area contributed by atoms with Crippen molar-refractivity contribution < 1.29 is 4.74 Å². The number of hydrogen-bond donors (Lipinski definition) is 1. The van der Waals surface area contributed by atoms with E-state index in [1.807, 2.05) is 20.8 Å². The van der Waals surface area contributed by atoms with Crippen LogP contribution in [0.4, 0.5) is 0 Å². The normalized spacial score (nSPS) is 13.8. The van der Waals surface area contributed by atoms with Crippen LogP contribution in [0.15, 0.2) is 0 Å². The highest BCUT2D eigenvalue weighted by molar-refractivity contribution is 5.51. The van der Waals surface area contributed by atoms with E-state index in [1.54, 1.807) is 6.21 Å². The highest BCUT2D eigenvalue weighted by Crippen LogP contribution is 2.03. The molecule has 0 radical (unpaired) electrons. The number of rotatable bonds is 2. The molecule has 0 aliphatic heterocycles. The van der Waals surface area contributed by atoms with E-state index in [9.17, 15) is 5.21 Å². The molecule has 2 N–H and O–H groups in total. The quantitative estimate of drug-likeness (QED) is 0.268. The predicted octanol–water partition coefficient (Wildman–Crippen LogP) is 0.715. The molecule has 0 fully saturated rings. The van der Waals surface area contributed by atoms with Crippen molar-refractivity contribution in [3.63, 3.8) is 0 Å². The third-order valence-corrected chi connectivity index (χ3v) is 1.12. The Morgan fingerprint density at radius 3 is 2.30 bits per heavy atom. The van der Waals surface area contributed by atoms with E-state index < -0.39 is 0 Å². The van der Waals surface area contributed by atoms with E-state index in [0.29, 0.717) is 13.0 Å². The summed E-state index contributed by atoms with van der Waals surface area (Å²) in [6.07, 6.45) is 2.24. The molecule has 0 aromatic heterocycles. The van der Waals surface area contributed by atoms with Crippen molar-refractivity contribution in [1.82, 2.24) is 0 Å². The van der Waals surface area contributed by atoms with Gasteiger partial charge in [0.1, 0.15) is 0 Å². The van der Waals surface area contributed by atoms with Crippen molar-refractivity contribution in [2.75, 3.05) is 6.54 Å². The van der Waals surface area contributed by atoms with Gasteiger partial charge in [0.2, 0.25) is 0 Å². The zero-order valence-corrected chi connectivity index (χ0v) is 6.92. The molecule has 0 bridgehead atoms. The second kappa shape index (κ2) is 3.56. The summed E-state index contributed by atoms with van der Waals surface area (Å²) in [7, 11) is 0. The van der Waals surface area contributed by atoms with Crippen LogP contribution in [-0.2, 0) is 0 Å². The number of nitrogens with zero attached hydrogens (tertiary/aromatic N) is 1. The molecule has 60 valence electrons. The molecule has 3 nitrogen and oxygen atoms in total. The van der Waals surface area contributed by atoms with Gasteiger partial charge in [-0.2, -0.15) is 0 Å². The predicted molar refractivity (Wildman–Crippen MR) is 43.1 cm³/mol. The molecule has 0 rings (SSSR count). The first-order chi connectivity index (χ1) is 4.48. The smallest absolute Gasteiger partial charge is 0.164 e. The van der Waals surface area contributed by atoms with E-state index in [0.717, 1.165) is 4.74 Å². The molecule has 0 spiro atoms. The van der Waals surface area contributed by atoms with Gasteiger partial charge in [0, 0.05) is 33.7 Å². The number of nitrogens with two attached hydrogens (primary N) is 1. The Labute approximate surface area is 62.1 Å². The molecule has 0 atom stereocenters. The van der Waals surface area contributed by atoms with Gasteiger partial charge in [-0.1, -0.05) is 0 Å². The fraction of sp³-hybridized carbons (Fsp3) is 0.857. The van der Waals surface area contributed by atoms with Gasteiger partial charge in [-0.15, -0.1) is 0 Å². The monoisotopic (exact) mass is 144 g/mol. The molecule has 0 heterocycles. The highest BCUT2D eigenvalue weighted by Gasteiger charge is 2.16. The zero-order chi connectivity index (χ0) is 8.20. The van der Waals surface area contributed by atoms with Crippen molar-refractivity contribution in [3.05, 3.63) is 5.21 Å². The Bertz CT molecular complexity index is 124. The Morgan fingerprint density at radius 2 is 2.00 bits per heavy atom. The van der Waals surface area contributed by atoms with Gasteiger partial charge in [-0.25, -0.2) is 4.74 Å². The largest absolute Gasteiger partial charge is 0.624 e. The SMILES string of the molecule is CC(C)(C)/[N+]([O-])=C/CCN. The Balaban J connectivity index is 3.93. The Kier molecular flexibility index (Phi) is 3.36. The van der Waals surface area contributed by atoms with Crippen LogP contribution in [0.2, 0.25) is 0 Å². The fourth-order valence-corrected chi connectivity index (χ4v) is 0.466. The van der Waals surface area contributed by atoms with E-state index in [1.165, 1.54) is 0 Å². The summed E-state index contributed by atoms with van der Waals surface area (Å²) in [6, 6.07) is 0. The summed E-state index contributed by atoms with van der Waals surface area (Å²) in [5.74, 6) is 0. The Hall–Kier alpha value is -0.570. The van der Waals surface area contributed by atoms with E-state index in [2.05, 4.69) is 0 Å². The van der Waals surface area contributed by atoms with Crippen LogP contribution in [-0.4, -0.2) is 23.0 Å². The Morgan fingerprint density at radius 1 is 1.50 bits per heavy atom. The minimum Gasteiger partial charge on any atom is -0.624 e. The minimum atomic E-state index is -0.324. The summed E-state index contributed by atoms with van der Waals surface area (Å²) >= 11 is 0. The lowest BCUT2D eigenvalue weighted by atomic mass is 10.1. The van der Waals surface area contributed by atoms with E-state index in [-0.39, 0.29) is 5.54 Å². The van der Waals surface area contributed by atoms with Gasteiger partial charge in [0.05, 0.1) is 0 Å². The van der Waals surface area contributed by atoms with Crippen LogP contribution in [0.1, 0.15) is 27.2 Å². The summed E-state index contributed by atoms with van der Waals surface area (Å²) < 4.78 is 0.944. The number of hydrogen-bond acceptors (Lipinski definition) is 2. The lowest BCUT2D eigenvalue weighted by molar-refractivity contribution is -0.532. The van der Waals surface area contributed by atoms with Gasteiger partial charge >= 0.3 is 0 Å². The third-order valence-electron chi connectivity index (χ3n) is 1.12. The van der Waals surface area contributed by atoms with Crippen molar-refractivity contribution in [3.8, 4) is 0 Å². The first kappa shape index (κ1) is 9.43. The van der Waals surface area contributed by atoms with Crippen LogP contribution in [0.5, 0.6) is 0 Å². The first-order valence-electron chi connectivity index (χ1n) is 3.48. The lowest BCUT2D eigenvalue weighted by Gasteiger charge is -2.18. The van der Waals surface area contributed by atoms with Crippen LogP contribution in [0, 0.1) is 5.21 Å². The second-order valence-electron chi connectivity index (χ2n) is 3.26. The summed E-state index contributed by atoms with van der Waals surface area (Å²) in [5, 5.41) is 11.0. The van der Waals surface area contributed by atoms with Crippen LogP contribution >= 0.6 is 0 Å². The molecule has 0 aromatic rings. The summed E-state index contributed by atoms with van der Waals surface area (Å²) in [4.78, 5) is 0. The molecule has 10 heavy (non-hydrogen) atoms. The molecule has 0 saturated carbocycles. The zero-order valence-electron chi connectivity index (χ0n) is 6.92. The molecule has 0 aromatic carbocycles. The average molecular weight is 144 g/mol. The maximum absolute atomic E-state index is 11.0. The van der Waals surface area contributed by atoms with Gasteiger partial charge < -0.3 is 10.9 Å². The van der Waals surface area contributed by atoms with Crippen LogP contribution < -0.4 is 5.73 Å². The van der Waals surface area contributed by atoms with E-state index in [4.69, 9.17) is 5.73 Å². The molecule has 3 heteroatoms.